The summed E-state index contributed by atoms with van der Waals surface area (Å²) in [6.45, 7) is 4.83. The third-order valence-electron chi connectivity index (χ3n) is 7.47. The van der Waals surface area contributed by atoms with Gasteiger partial charge in [-0.3, -0.25) is 9.78 Å². The van der Waals surface area contributed by atoms with Crippen molar-refractivity contribution in [1.82, 2.24) is 9.40 Å². The number of aliphatic imine (C=N–C) groups is 1. The monoisotopic (exact) mass is 506 g/mol. The van der Waals surface area contributed by atoms with Crippen LogP contribution in [-0.2, 0) is 10.0 Å². The molecule has 3 unspecified atom stereocenters. The van der Waals surface area contributed by atoms with E-state index in [1.165, 1.54) is 4.41 Å². The van der Waals surface area contributed by atoms with Crippen molar-refractivity contribution in [3.8, 4) is 0 Å². The number of carbonyl (C=O) groups excluding carboxylic acids is 1. The normalized spacial score (nSPS) is 28.2. The fraction of sp³-hybridized carbons (Fsp3) is 0.462. The molecule has 10 heteroatoms. The van der Waals surface area contributed by atoms with E-state index in [2.05, 4.69) is 38.3 Å². The zero-order valence-corrected chi connectivity index (χ0v) is 21.3. The molecule has 188 valence electrons. The Bertz CT molecular complexity index is 1400. The molecule has 3 atom stereocenters. The lowest BCUT2D eigenvalue weighted by molar-refractivity contribution is 0.100. The molecule has 0 saturated heterocycles. The van der Waals surface area contributed by atoms with Crippen molar-refractivity contribution in [3.63, 3.8) is 0 Å². The highest BCUT2D eigenvalue weighted by Crippen LogP contribution is 2.43. The van der Waals surface area contributed by atoms with Crippen LogP contribution in [0.5, 0.6) is 0 Å². The Kier molecular flexibility index (Phi) is 5.59. The number of nitrogens with one attached hydrogen (secondary N) is 1. The van der Waals surface area contributed by atoms with Crippen LogP contribution in [0, 0.1) is 19.8 Å². The fourth-order valence-corrected chi connectivity index (χ4v) is 7.39. The maximum atomic E-state index is 13.3. The molecule has 0 radical (unpaired) electrons. The minimum absolute atomic E-state index is 0.207. The molecule has 4 aliphatic rings. The van der Waals surface area contributed by atoms with Gasteiger partial charge in [0.15, 0.2) is 0 Å². The van der Waals surface area contributed by atoms with Crippen molar-refractivity contribution < 1.29 is 13.2 Å². The number of benzene rings is 1. The molecule has 4 bridgehead atoms. The highest BCUT2D eigenvalue weighted by atomic mass is 32.2. The lowest BCUT2D eigenvalue weighted by atomic mass is 10.0. The number of aryl methyl sites for hydroxylation is 2. The van der Waals surface area contributed by atoms with Crippen molar-refractivity contribution in [1.29, 1.82) is 0 Å². The van der Waals surface area contributed by atoms with Gasteiger partial charge < -0.3 is 10.2 Å². The number of sulfonamides is 1. The maximum Gasteiger partial charge on any atom is 0.280 e. The number of carbonyl (C=O) groups is 1. The van der Waals surface area contributed by atoms with Gasteiger partial charge in [-0.15, -0.1) is 0 Å². The number of aromatic nitrogens is 1. The molecule has 3 aliphatic heterocycles. The van der Waals surface area contributed by atoms with Crippen LogP contribution in [0.1, 0.15) is 65.3 Å². The second-order valence-corrected chi connectivity index (χ2v) is 12.3. The summed E-state index contributed by atoms with van der Waals surface area (Å²) in [5.74, 6) is 0.0847. The summed E-state index contributed by atoms with van der Waals surface area (Å²) in [5, 5.41) is 7.22. The summed E-state index contributed by atoms with van der Waals surface area (Å²) in [4.78, 5) is 24.5. The number of hydrazone groups is 1. The fourth-order valence-electron chi connectivity index (χ4n) is 5.41. The number of pyridine rings is 1. The van der Waals surface area contributed by atoms with E-state index in [0.717, 1.165) is 49.2 Å². The Labute approximate surface area is 211 Å². The Balaban J connectivity index is 1.36. The molecule has 1 aromatic carbocycles. The zero-order chi connectivity index (χ0) is 25.0. The van der Waals surface area contributed by atoms with E-state index in [0.29, 0.717) is 29.3 Å². The molecule has 2 aromatic rings. The van der Waals surface area contributed by atoms with Gasteiger partial charge in [0, 0.05) is 24.0 Å². The van der Waals surface area contributed by atoms with Crippen LogP contribution < -0.4 is 10.2 Å². The van der Waals surface area contributed by atoms with Crippen LogP contribution in [0.4, 0.5) is 11.4 Å². The van der Waals surface area contributed by atoms with E-state index in [1.54, 1.807) is 18.3 Å². The number of hydrogen-bond acceptors (Lipinski definition) is 7. The van der Waals surface area contributed by atoms with Gasteiger partial charge >= 0.3 is 0 Å². The van der Waals surface area contributed by atoms with E-state index >= 15 is 0 Å². The second kappa shape index (κ2) is 8.69. The van der Waals surface area contributed by atoms with E-state index in [1.807, 2.05) is 19.1 Å². The van der Waals surface area contributed by atoms with Gasteiger partial charge in [0.1, 0.15) is 0 Å². The summed E-state index contributed by atoms with van der Waals surface area (Å²) in [7, 11) is -3.48. The molecule has 1 N–H and O–H groups in total. The van der Waals surface area contributed by atoms with E-state index < -0.39 is 10.0 Å². The van der Waals surface area contributed by atoms with Gasteiger partial charge in [0.25, 0.3) is 15.9 Å². The van der Waals surface area contributed by atoms with Crippen LogP contribution in [0.2, 0.25) is 0 Å². The predicted octanol–water partition coefficient (Wildman–Crippen LogP) is 3.80. The lowest BCUT2D eigenvalue weighted by Crippen LogP contribution is -2.32. The molecule has 9 nitrogen and oxygen atoms in total. The van der Waals surface area contributed by atoms with Crippen molar-refractivity contribution in [3.05, 3.63) is 52.8 Å². The van der Waals surface area contributed by atoms with Gasteiger partial charge in [0.05, 0.1) is 34.8 Å². The third kappa shape index (κ3) is 4.17. The minimum Gasteiger partial charge on any atom is -0.324 e. The number of rotatable bonds is 0. The topological polar surface area (TPSA) is 107 Å². The van der Waals surface area contributed by atoms with Crippen LogP contribution in [0.15, 0.2) is 40.4 Å². The second-order valence-electron chi connectivity index (χ2n) is 10.3. The molecule has 1 aliphatic carbocycles. The molecule has 36 heavy (non-hydrogen) atoms. The highest BCUT2D eigenvalue weighted by Gasteiger charge is 2.50. The Morgan fingerprint density at radius 1 is 1.08 bits per heavy atom. The first-order valence-corrected chi connectivity index (χ1v) is 14.1. The van der Waals surface area contributed by atoms with Gasteiger partial charge in [0.2, 0.25) is 5.96 Å². The number of fused-ring (bicyclic) bond motifs is 9. The van der Waals surface area contributed by atoms with E-state index in [-0.39, 0.29) is 29.5 Å². The molecule has 4 heterocycles. The Morgan fingerprint density at radius 3 is 2.81 bits per heavy atom. The number of anilines is 2. The number of guanidine groups is 1. The number of hydrogen-bond donors (Lipinski definition) is 1. The first-order valence-electron chi connectivity index (χ1n) is 12.6. The molecule has 0 spiro atoms. The Hall–Kier alpha value is -3.27. The van der Waals surface area contributed by atoms with Gasteiger partial charge in [-0.1, -0.05) is 18.9 Å². The van der Waals surface area contributed by atoms with Gasteiger partial charge in [-0.25, -0.2) is 8.42 Å². The molecule has 6 rings (SSSR count). The Morgan fingerprint density at radius 2 is 1.94 bits per heavy atom. The maximum absolute atomic E-state index is 13.3. The molecular formula is C26H30N6O3S. The van der Waals surface area contributed by atoms with E-state index in [4.69, 9.17) is 0 Å². The SMILES string of the molecule is Cc1ccc2c(c1)N1CCCCCC3CC3S(=O)(=O)N3CC(C=N3)c3cc(cc(C)n3)C(=O)/N=C/1N2. The number of amides is 1. The lowest BCUT2D eigenvalue weighted by Gasteiger charge is -2.19. The van der Waals surface area contributed by atoms with Crippen LogP contribution in [0.3, 0.4) is 0 Å². The van der Waals surface area contributed by atoms with Crippen LogP contribution >= 0.6 is 0 Å². The highest BCUT2D eigenvalue weighted by molar-refractivity contribution is 7.90. The average molecular weight is 507 g/mol. The smallest absolute Gasteiger partial charge is 0.280 e. The van der Waals surface area contributed by atoms with Crippen molar-refractivity contribution in [2.24, 2.45) is 16.0 Å². The zero-order valence-electron chi connectivity index (χ0n) is 20.5. The third-order valence-corrected chi connectivity index (χ3v) is 9.65. The van der Waals surface area contributed by atoms with E-state index in [9.17, 15) is 13.2 Å². The largest absolute Gasteiger partial charge is 0.324 e. The van der Waals surface area contributed by atoms with Crippen LogP contribution in [-0.4, -0.2) is 54.2 Å². The van der Waals surface area contributed by atoms with Gasteiger partial charge in [-0.2, -0.15) is 14.5 Å². The number of nitrogens with zero attached hydrogens (tertiary/aromatic N) is 5. The van der Waals surface area contributed by atoms with Gasteiger partial charge in [-0.05, 0) is 68.9 Å². The first kappa shape index (κ1) is 23.1. The summed E-state index contributed by atoms with van der Waals surface area (Å²) in [6, 6.07) is 9.61. The van der Waals surface area contributed by atoms with Crippen molar-refractivity contribution in [2.75, 3.05) is 23.3 Å². The molecule has 1 amide bonds. The predicted molar refractivity (Wildman–Crippen MR) is 140 cm³/mol. The summed E-state index contributed by atoms with van der Waals surface area (Å²) in [6.07, 6.45) is 6.12. The quantitative estimate of drug-likeness (QED) is 0.582. The summed E-state index contributed by atoms with van der Waals surface area (Å²) >= 11 is 0. The first-order chi connectivity index (χ1) is 17.3. The molecular weight excluding hydrogens is 476 g/mol. The standard InChI is InChI=1S/C26H30N6O3S/c1-16-7-8-21-23(10-16)31-9-5-3-4-6-18-13-24(18)36(34,35)32-15-20(14-27-32)22-12-19(11-17(2)28-22)25(33)30-26(31)29-21/h7-8,10-12,14,18,20,24H,3-6,9,13,15H2,1-2H3,(H,29,30,33). The van der Waals surface area contributed by atoms with Crippen molar-refractivity contribution >= 4 is 39.5 Å². The molecule has 1 fully saturated rings. The van der Waals surface area contributed by atoms with Crippen LogP contribution in [0.25, 0.3) is 0 Å². The molecule has 1 aromatic heterocycles. The average Bonchev–Trinajstić information content (AvgIpc) is 3.31. The summed E-state index contributed by atoms with van der Waals surface area (Å²) < 4.78 is 27.5. The summed E-state index contributed by atoms with van der Waals surface area (Å²) in [5.41, 5.74) is 4.85. The molecule has 1 saturated carbocycles. The minimum atomic E-state index is -3.48. The van der Waals surface area contributed by atoms with Crippen molar-refractivity contribution in [2.45, 2.75) is 57.1 Å².